The second-order valence-corrected chi connectivity index (χ2v) is 6.40. The second-order valence-electron chi connectivity index (χ2n) is 6.40. The van der Waals surface area contributed by atoms with Crippen molar-refractivity contribution in [2.45, 2.75) is 39.3 Å². The predicted octanol–water partition coefficient (Wildman–Crippen LogP) is 3.02. The molecule has 0 saturated heterocycles. The SMILES string of the molecule is CCCn1ncc(C(=O)NC(CCN(C)C)c2ccccc2)c1C. The van der Waals surface area contributed by atoms with Crippen LogP contribution in [-0.2, 0) is 6.54 Å². The molecule has 0 aliphatic carbocycles. The highest BCUT2D eigenvalue weighted by Crippen LogP contribution is 2.18. The Labute approximate surface area is 144 Å². The van der Waals surface area contributed by atoms with Crippen LogP contribution in [0.15, 0.2) is 36.5 Å². The molecule has 1 heterocycles. The fourth-order valence-corrected chi connectivity index (χ4v) is 2.74. The van der Waals surface area contributed by atoms with Gasteiger partial charge in [0.15, 0.2) is 0 Å². The van der Waals surface area contributed by atoms with Gasteiger partial charge in [-0.1, -0.05) is 37.3 Å². The van der Waals surface area contributed by atoms with Crippen molar-refractivity contribution in [2.75, 3.05) is 20.6 Å². The Morgan fingerprint density at radius 1 is 1.29 bits per heavy atom. The van der Waals surface area contributed by atoms with E-state index in [1.54, 1.807) is 6.20 Å². The smallest absolute Gasteiger partial charge is 0.255 e. The van der Waals surface area contributed by atoms with Crippen LogP contribution in [0.25, 0.3) is 0 Å². The zero-order valence-corrected chi connectivity index (χ0v) is 15.1. The first-order chi connectivity index (χ1) is 11.5. The van der Waals surface area contributed by atoms with Crippen molar-refractivity contribution >= 4 is 5.91 Å². The minimum absolute atomic E-state index is 0.00461. The van der Waals surface area contributed by atoms with E-state index in [1.807, 2.05) is 43.9 Å². The molecule has 2 aromatic rings. The van der Waals surface area contributed by atoms with Gasteiger partial charge >= 0.3 is 0 Å². The number of hydrogen-bond acceptors (Lipinski definition) is 3. The first-order valence-electron chi connectivity index (χ1n) is 8.55. The first kappa shape index (κ1) is 18.2. The zero-order valence-electron chi connectivity index (χ0n) is 15.1. The molecule has 1 unspecified atom stereocenters. The lowest BCUT2D eigenvalue weighted by atomic mass is 10.0. The van der Waals surface area contributed by atoms with Crippen LogP contribution in [0.1, 0.15) is 47.4 Å². The Morgan fingerprint density at radius 3 is 2.62 bits per heavy atom. The van der Waals surface area contributed by atoms with E-state index in [2.05, 4.69) is 34.4 Å². The van der Waals surface area contributed by atoms with Crippen molar-refractivity contribution in [1.29, 1.82) is 0 Å². The van der Waals surface area contributed by atoms with Gasteiger partial charge in [0.2, 0.25) is 0 Å². The fourth-order valence-electron chi connectivity index (χ4n) is 2.74. The van der Waals surface area contributed by atoms with Gasteiger partial charge in [0, 0.05) is 12.2 Å². The zero-order chi connectivity index (χ0) is 17.5. The molecule has 0 aliphatic rings. The molecule has 0 bridgehead atoms. The number of carbonyl (C=O) groups is 1. The van der Waals surface area contributed by atoms with E-state index in [0.29, 0.717) is 5.56 Å². The van der Waals surface area contributed by atoms with Crippen molar-refractivity contribution in [3.63, 3.8) is 0 Å². The minimum Gasteiger partial charge on any atom is -0.345 e. The molecule has 1 aromatic carbocycles. The van der Waals surface area contributed by atoms with E-state index >= 15 is 0 Å². The molecule has 1 amide bonds. The fraction of sp³-hybridized carbons (Fsp3) is 0.474. The highest BCUT2D eigenvalue weighted by Gasteiger charge is 2.19. The van der Waals surface area contributed by atoms with E-state index in [-0.39, 0.29) is 11.9 Å². The van der Waals surface area contributed by atoms with Crippen LogP contribution in [0.4, 0.5) is 0 Å². The van der Waals surface area contributed by atoms with Crippen LogP contribution in [0.3, 0.4) is 0 Å². The molecule has 5 heteroatoms. The monoisotopic (exact) mass is 328 g/mol. The van der Waals surface area contributed by atoms with Crippen LogP contribution in [0, 0.1) is 6.92 Å². The Bertz CT molecular complexity index is 649. The number of aromatic nitrogens is 2. The van der Waals surface area contributed by atoms with Crippen molar-refractivity contribution in [1.82, 2.24) is 20.0 Å². The summed E-state index contributed by atoms with van der Waals surface area (Å²) in [6.07, 6.45) is 3.54. The van der Waals surface area contributed by atoms with Crippen molar-refractivity contribution in [3.05, 3.63) is 53.3 Å². The molecule has 0 spiro atoms. The molecular weight excluding hydrogens is 300 g/mol. The first-order valence-corrected chi connectivity index (χ1v) is 8.55. The number of hydrogen-bond donors (Lipinski definition) is 1. The van der Waals surface area contributed by atoms with Gasteiger partial charge in [0.1, 0.15) is 0 Å². The molecule has 1 N–H and O–H groups in total. The summed E-state index contributed by atoms with van der Waals surface area (Å²) in [5.74, 6) is -0.0533. The molecule has 0 radical (unpaired) electrons. The Kier molecular flexibility index (Phi) is 6.55. The lowest BCUT2D eigenvalue weighted by Gasteiger charge is -2.21. The number of benzene rings is 1. The minimum atomic E-state index is -0.0533. The molecule has 2 rings (SSSR count). The van der Waals surface area contributed by atoms with Gasteiger partial charge in [-0.05, 0) is 46.0 Å². The van der Waals surface area contributed by atoms with E-state index < -0.39 is 0 Å². The third-order valence-electron chi connectivity index (χ3n) is 4.16. The molecule has 1 atom stereocenters. The second kappa shape index (κ2) is 8.64. The third-order valence-corrected chi connectivity index (χ3v) is 4.16. The maximum atomic E-state index is 12.7. The molecule has 1 aromatic heterocycles. The summed E-state index contributed by atoms with van der Waals surface area (Å²) in [6.45, 7) is 5.80. The summed E-state index contributed by atoms with van der Waals surface area (Å²) in [7, 11) is 4.09. The number of carbonyl (C=O) groups excluding carboxylic acids is 1. The number of rotatable bonds is 8. The predicted molar refractivity (Wildman–Crippen MR) is 97.1 cm³/mol. The van der Waals surface area contributed by atoms with Gasteiger partial charge in [-0.3, -0.25) is 9.48 Å². The van der Waals surface area contributed by atoms with Crippen LogP contribution in [-0.4, -0.2) is 41.2 Å². The molecule has 0 fully saturated rings. The molecule has 24 heavy (non-hydrogen) atoms. The van der Waals surface area contributed by atoms with Crippen LogP contribution < -0.4 is 5.32 Å². The highest BCUT2D eigenvalue weighted by molar-refractivity contribution is 5.95. The van der Waals surface area contributed by atoms with Crippen LogP contribution in [0.2, 0.25) is 0 Å². The molecule has 130 valence electrons. The maximum Gasteiger partial charge on any atom is 0.255 e. The van der Waals surface area contributed by atoms with Gasteiger partial charge in [-0.25, -0.2) is 0 Å². The number of aryl methyl sites for hydroxylation is 1. The van der Waals surface area contributed by atoms with E-state index in [9.17, 15) is 4.79 Å². The number of nitrogens with zero attached hydrogens (tertiary/aromatic N) is 3. The standard InChI is InChI=1S/C19H28N4O/c1-5-12-23-15(2)17(14-20-23)19(24)21-18(11-13-22(3)4)16-9-7-6-8-10-16/h6-10,14,18H,5,11-13H2,1-4H3,(H,21,24). The lowest BCUT2D eigenvalue weighted by molar-refractivity contribution is 0.0932. The average Bonchev–Trinajstić information content (AvgIpc) is 2.93. The molecule has 5 nitrogen and oxygen atoms in total. The van der Waals surface area contributed by atoms with E-state index in [4.69, 9.17) is 0 Å². The topological polar surface area (TPSA) is 50.2 Å². The van der Waals surface area contributed by atoms with Crippen molar-refractivity contribution in [3.8, 4) is 0 Å². The molecule has 0 aliphatic heterocycles. The Hall–Kier alpha value is -2.14. The lowest BCUT2D eigenvalue weighted by Crippen LogP contribution is -2.31. The Morgan fingerprint density at radius 2 is 2.00 bits per heavy atom. The van der Waals surface area contributed by atoms with Crippen LogP contribution >= 0.6 is 0 Å². The van der Waals surface area contributed by atoms with E-state index in [1.165, 1.54) is 0 Å². The quantitative estimate of drug-likeness (QED) is 0.810. The average molecular weight is 328 g/mol. The summed E-state index contributed by atoms with van der Waals surface area (Å²) in [5.41, 5.74) is 2.72. The van der Waals surface area contributed by atoms with E-state index in [0.717, 1.165) is 37.2 Å². The van der Waals surface area contributed by atoms with Gasteiger partial charge in [-0.2, -0.15) is 5.10 Å². The molecular formula is C19H28N4O. The third kappa shape index (κ3) is 4.68. The van der Waals surface area contributed by atoms with Gasteiger partial charge < -0.3 is 10.2 Å². The highest BCUT2D eigenvalue weighted by atomic mass is 16.1. The number of nitrogens with one attached hydrogen (secondary N) is 1. The number of amides is 1. The largest absolute Gasteiger partial charge is 0.345 e. The van der Waals surface area contributed by atoms with Crippen molar-refractivity contribution in [2.24, 2.45) is 0 Å². The van der Waals surface area contributed by atoms with Gasteiger partial charge in [-0.15, -0.1) is 0 Å². The van der Waals surface area contributed by atoms with Crippen LogP contribution in [0.5, 0.6) is 0 Å². The summed E-state index contributed by atoms with van der Waals surface area (Å²) in [5, 5.41) is 7.51. The Balaban J connectivity index is 2.15. The maximum absolute atomic E-state index is 12.7. The molecule has 0 saturated carbocycles. The van der Waals surface area contributed by atoms with Gasteiger partial charge in [0.25, 0.3) is 5.91 Å². The normalized spacial score (nSPS) is 12.4. The summed E-state index contributed by atoms with van der Waals surface area (Å²) in [4.78, 5) is 14.9. The summed E-state index contributed by atoms with van der Waals surface area (Å²) < 4.78 is 1.90. The van der Waals surface area contributed by atoms with Crippen molar-refractivity contribution < 1.29 is 4.79 Å². The summed E-state index contributed by atoms with van der Waals surface area (Å²) in [6, 6.07) is 10.1. The van der Waals surface area contributed by atoms with Gasteiger partial charge in [0.05, 0.1) is 17.8 Å². The summed E-state index contributed by atoms with van der Waals surface area (Å²) >= 11 is 0.